The van der Waals surface area contributed by atoms with Gasteiger partial charge in [0, 0.05) is 43.3 Å². The van der Waals surface area contributed by atoms with Crippen LogP contribution in [0.3, 0.4) is 0 Å². The van der Waals surface area contributed by atoms with Crippen molar-refractivity contribution in [1.82, 2.24) is 24.9 Å². The molecule has 11 heteroatoms. The Morgan fingerprint density at radius 2 is 2.12 bits per heavy atom. The second-order valence-corrected chi connectivity index (χ2v) is 10.00. The Kier molecular flexibility index (Phi) is 8.69. The maximum absolute atomic E-state index is 15.0. The van der Waals surface area contributed by atoms with Gasteiger partial charge in [-0.3, -0.25) is 5.10 Å². The fourth-order valence-corrected chi connectivity index (χ4v) is 4.78. The quantitative estimate of drug-likeness (QED) is 0.381. The molecule has 1 saturated carbocycles. The number of hydrogen-bond donors (Lipinski definition) is 3. The predicted octanol–water partition coefficient (Wildman–Crippen LogP) is 3.19. The van der Waals surface area contributed by atoms with Gasteiger partial charge in [0.15, 0.2) is 17.5 Å². The molecule has 0 radical (unpaired) electrons. The molecule has 0 amide bonds. The number of anilines is 3. The molecule has 4 atom stereocenters. The molecule has 2 aromatic rings. The molecule has 1 fully saturated rings. The number of H-pyrrole nitrogens is 1. The predicted molar refractivity (Wildman–Crippen MR) is 125 cm³/mol. The van der Waals surface area contributed by atoms with Gasteiger partial charge in [0.25, 0.3) is 0 Å². The van der Waals surface area contributed by atoms with Crippen LogP contribution in [0.2, 0.25) is 0 Å². The SMILES string of the molecule is CC[S+]([O-])NC1CCC(C)CC(N(C)c2nc(COC)c(F)c(Nc3cc(C)[nH]n3)n2)C1. The second kappa shape index (κ2) is 11.3. The van der Waals surface area contributed by atoms with E-state index in [9.17, 15) is 4.55 Å². The first kappa shape index (κ1) is 24.7. The Hall–Kier alpha value is -1.95. The first-order valence-corrected chi connectivity index (χ1v) is 12.3. The molecule has 3 N–H and O–H groups in total. The zero-order valence-corrected chi connectivity index (χ0v) is 20.3. The van der Waals surface area contributed by atoms with Crippen LogP contribution in [0.25, 0.3) is 0 Å². The van der Waals surface area contributed by atoms with Crippen molar-refractivity contribution in [2.75, 3.05) is 30.1 Å². The van der Waals surface area contributed by atoms with Crippen molar-refractivity contribution < 1.29 is 13.7 Å². The molecule has 0 bridgehead atoms. The van der Waals surface area contributed by atoms with Gasteiger partial charge in [-0.15, -0.1) is 4.72 Å². The summed E-state index contributed by atoms with van der Waals surface area (Å²) in [7, 11) is 3.44. The van der Waals surface area contributed by atoms with Gasteiger partial charge in [-0.05, 0) is 45.4 Å². The van der Waals surface area contributed by atoms with Crippen LogP contribution in [-0.2, 0) is 22.7 Å². The lowest BCUT2D eigenvalue weighted by atomic mass is 10.00. The van der Waals surface area contributed by atoms with Crippen LogP contribution >= 0.6 is 0 Å². The third-order valence-electron chi connectivity index (χ3n) is 5.80. The first-order valence-electron chi connectivity index (χ1n) is 11.0. The molecule has 0 saturated heterocycles. The van der Waals surface area contributed by atoms with Crippen molar-refractivity contribution >= 4 is 28.9 Å². The van der Waals surface area contributed by atoms with E-state index in [0.29, 0.717) is 23.4 Å². The van der Waals surface area contributed by atoms with Gasteiger partial charge in [0.1, 0.15) is 11.4 Å². The lowest BCUT2D eigenvalue weighted by molar-refractivity contribution is 0.177. The summed E-state index contributed by atoms with van der Waals surface area (Å²) in [6.07, 6.45) is 3.80. The molecule has 4 unspecified atom stereocenters. The van der Waals surface area contributed by atoms with Crippen molar-refractivity contribution in [3.63, 3.8) is 0 Å². The van der Waals surface area contributed by atoms with Crippen molar-refractivity contribution in [1.29, 1.82) is 0 Å². The summed E-state index contributed by atoms with van der Waals surface area (Å²) in [4.78, 5) is 11.0. The molecule has 0 aliphatic heterocycles. The molecule has 32 heavy (non-hydrogen) atoms. The van der Waals surface area contributed by atoms with E-state index in [1.165, 1.54) is 7.11 Å². The van der Waals surface area contributed by atoms with E-state index in [-0.39, 0.29) is 30.2 Å². The van der Waals surface area contributed by atoms with Crippen LogP contribution in [0.4, 0.5) is 22.0 Å². The van der Waals surface area contributed by atoms with Crippen LogP contribution < -0.4 is 14.9 Å². The van der Waals surface area contributed by atoms with E-state index in [2.05, 4.69) is 37.1 Å². The normalized spacial score (nSPS) is 22.4. The first-order chi connectivity index (χ1) is 15.3. The molecule has 1 aliphatic carbocycles. The second-order valence-electron chi connectivity index (χ2n) is 8.49. The minimum atomic E-state index is -1.04. The highest BCUT2D eigenvalue weighted by molar-refractivity contribution is 7.89. The number of halogens is 1. The number of ether oxygens (including phenoxy) is 1. The summed E-state index contributed by atoms with van der Waals surface area (Å²) in [5, 5.41) is 9.89. The number of nitrogens with zero attached hydrogens (tertiary/aromatic N) is 4. The van der Waals surface area contributed by atoms with Crippen molar-refractivity contribution in [2.24, 2.45) is 5.92 Å². The number of nitrogens with one attached hydrogen (secondary N) is 3. The number of hydrogen-bond acceptors (Lipinski definition) is 8. The summed E-state index contributed by atoms with van der Waals surface area (Å²) in [6, 6.07) is 2.05. The summed E-state index contributed by atoms with van der Waals surface area (Å²) < 4.78 is 35.5. The van der Waals surface area contributed by atoms with Crippen molar-refractivity contribution in [2.45, 2.75) is 65.1 Å². The average molecular weight is 468 g/mol. The molecule has 3 rings (SSSR count). The van der Waals surface area contributed by atoms with E-state index in [4.69, 9.17) is 4.74 Å². The summed E-state index contributed by atoms with van der Waals surface area (Å²) in [5.74, 6) is 1.48. The Morgan fingerprint density at radius 1 is 1.34 bits per heavy atom. The highest BCUT2D eigenvalue weighted by atomic mass is 32.2. The molecular weight excluding hydrogens is 433 g/mol. The number of aromatic amines is 1. The highest BCUT2D eigenvalue weighted by Crippen LogP contribution is 2.30. The summed E-state index contributed by atoms with van der Waals surface area (Å²) in [6.45, 7) is 6.04. The van der Waals surface area contributed by atoms with E-state index < -0.39 is 17.2 Å². The Balaban J connectivity index is 1.88. The molecule has 2 heterocycles. The fourth-order valence-electron chi connectivity index (χ4n) is 4.02. The largest absolute Gasteiger partial charge is 0.598 e. The third kappa shape index (κ3) is 6.31. The number of rotatable bonds is 9. The van der Waals surface area contributed by atoms with Gasteiger partial charge < -0.3 is 19.5 Å². The molecule has 178 valence electrons. The topological polar surface area (TPSA) is 114 Å². The van der Waals surface area contributed by atoms with Crippen LogP contribution in [0.15, 0.2) is 6.07 Å². The molecule has 1 aliphatic rings. The zero-order chi connectivity index (χ0) is 23.3. The Bertz CT molecular complexity index is 884. The minimum absolute atomic E-state index is 0.0319. The fraction of sp³-hybridized carbons (Fsp3) is 0.667. The molecule has 0 aromatic carbocycles. The molecule has 0 spiro atoms. The van der Waals surface area contributed by atoms with Crippen LogP contribution in [-0.4, -0.2) is 56.7 Å². The minimum Gasteiger partial charge on any atom is -0.598 e. The smallest absolute Gasteiger partial charge is 0.227 e. The number of aromatic nitrogens is 4. The summed E-state index contributed by atoms with van der Waals surface area (Å²) in [5.41, 5.74) is 1.04. The van der Waals surface area contributed by atoms with Gasteiger partial charge in [0.2, 0.25) is 5.95 Å². The van der Waals surface area contributed by atoms with E-state index in [1.54, 1.807) is 6.07 Å². The van der Waals surface area contributed by atoms with Gasteiger partial charge in [0.05, 0.1) is 12.6 Å². The zero-order valence-electron chi connectivity index (χ0n) is 19.4. The molecular formula is C21H34FN7O2S. The van der Waals surface area contributed by atoms with Crippen molar-refractivity contribution in [3.05, 3.63) is 23.3 Å². The maximum Gasteiger partial charge on any atom is 0.227 e. The Labute approximate surface area is 192 Å². The van der Waals surface area contributed by atoms with E-state index >= 15 is 4.39 Å². The van der Waals surface area contributed by atoms with Gasteiger partial charge >= 0.3 is 0 Å². The van der Waals surface area contributed by atoms with Gasteiger partial charge in [-0.25, -0.2) is 9.37 Å². The maximum atomic E-state index is 15.0. The number of aryl methyl sites for hydroxylation is 1. The average Bonchev–Trinajstić information content (AvgIpc) is 3.08. The van der Waals surface area contributed by atoms with E-state index in [0.717, 1.165) is 31.4 Å². The standard InChI is InChI=1S/C21H34FN7O2S/c1-6-32(30)28-15-8-7-13(2)9-16(11-15)29(4)21-23-17(12-31-5)19(22)20(25-21)24-18-10-14(3)26-27-18/h10,13,15-16,28H,6-9,11-12H2,1-5H3,(H2,23,24,25,26,27). The third-order valence-corrected chi connectivity index (χ3v) is 6.92. The molecule has 2 aromatic heterocycles. The summed E-state index contributed by atoms with van der Waals surface area (Å²) >= 11 is -1.04. The monoisotopic (exact) mass is 467 g/mol. The van der Waals surface area contributed by atoms with Crippen molar-refractivity contribution in [3.8, 4) is 0 Å². The highest BCUT2D eigenvalue weighted by Gasteiger charge is 2.30. The Morgan fingerprint density at radius 3 is 2.78 bits per heavy atom. The van der Waals surface area contributed by atoms with E-state index in [1.807, 2.05) is 25.8 Å². The van der Waals surface area contributed by atoms with Crippen LogP contribution in [0.5, 0.6) is 0 Å². The van der Waals surface area contributed by atoms with Gasteiger partial charge in [-0.2, -0.15) is 10.1 Å². The van der Waals surface area contributed by atoms with Gasteiger partial charge in [-0.1, -0.05) is 6.92 Å². The number of methoxy groups -OCH3 is 1. The lowest BCUT2D eigenvalue weighted by Crippen LogP contribution is -2.42. The molecule has 9 nitrogen and oxygen atoms in total. The lowest BCUT2D eigenvalue weighted by Gasteiger charge is -2.31. The van der Waals surface area contributed by atoms with Crippen LogP contribution in [0, 0.1) is 18.7 Å². The van der Waals surface area contributed by atoms with Crippen LogP contribution in [0.1, 0.15) is 50.9 Å².